The lowest BCUT2D eigenvalue weighted by atomic mass is 9.97. The minimum atomic E-state index is -0.0906. The molecule has 0 unspecified atom stereocenters. The molecule has 0 saturated carbocycles. The normalized spacial score (nSPS) is 13.1. The average Bonchev–Trinajstić information content (AvgIpc) is 1.18. The largest absolute Gasteiger partial charge is 0.367 e. The Balaban J connectivity index is 0.000000122. The van der Waals surface area contributed by atoms with Gasteiger partial charge in [0, 0.05) is 169 Å². The van der Waals surface area contributed by atoms with Gasteiger partial charge in [-0.15, -0.1) is 0 Å². The summed E-state index contributed by atoms with van der Waals surface area (Å²) >= 11 is 0. The van der Waals surface area contributed by atoms with Gasteiger partial charge in [0.15, 0.2) is 0 Å². The number of hydrogen-bond donors (Lipinski definition) is 8. The summed E-state index contributed by atoms with van der Waals surface area (Å²) in [5.41, 5.74) is 30.9. The van der Waals surface area contributed by atoms with Gasteiger partial charge in [0.2, 0.25) is 0 Å². The summed E-state index contributed by atoms with van der Waals surface area (Å²) in [6.45, 7) is 11.6. The Morgan fingerprint density at radius 1 is 0.336 bits per heavy atom. The quantitative estimate of drug-likeness (QED) is 0.0400. The van der Waals surface area contributed by atoms with Gasteiger partial charge < -0.3 is 40.9 Å². The minimum Gasteiger partial charge on any atom is -0.367 e. The smallest absolute Gasteiger partial charge is 0.255 e. The summed E-state index contributed by atoms with van der Waals surface area (Å²) in [7, 11) is 3.30. The molecule has 8 heterocycles. The molecule has 4 aliphatic rings. The predicted molar refractivity (Wildman–Crippen MR) is 464 cm³/mol. The highest BCUT2D eigenvalue weighted by molar-refractivity contribution is 6.05. The highest BCUT2D eigenvalue weighted by Crippen LogP contribution is 2.38. The van der Waals surface area contributed by atoms with Crippen LogP contribution in [-0.2, 0) is 51.9 Å². The molecular weight excluding hydrogens is 1440 g/mol. The maximum Gasteiger partial charge on any atom is 0.255 e. The molecule has 0 saturated heterocycles. The monoisotopic (exact) mass is 1540 g/mol. The standard InChI is InChI=1S/C27H26N4O.C26H24N4O.C22H24N4O.C21H22N4O/c1-19-16-25(30-29-19)22-13-14-26-23(17-22)6-5-15-31(26)18-20-9-11-21(12-10-20)27(32)28-24-7-3-2-4-8-24;31-26(29-24-6-2-1-3-7-24)20-10-8-19(9-11-20)18-30-14-4-5-22-15-21(12-13-25(22)30)23-16-27-28-17-23;1-15-12-20(25-24-15)18-9-10-21-19(13-18)4-3-11-26(21)14-16-5-7-17(8-6-16)22(27)23-2;1-22-21(26)16-6-4-15(5-7-16)14-25-10-2-3-18-11-17(8-9-20(18)25)19-12-23-24-13-19/h2-4,7-14,16-17H,5-6,15,18H2,1H3,(H,28,32)(H,29,30);1-3,6-13,15-17H,4-5,14,18H2,(H,27,28)(H,29,31);5-10,12-13H,3-4,11,14H2,1-2H3,(H,23,27)(H,24,25);4-9,11-13H,2-3,10,14H2,1H3,(H,22,26)(H,23,24). The fraction of sp³-hybridized carbons (Fsp3) is 0.208. The number of benzene rings is 10. The Bertz CT molecular complexity index is 5650. The molecule has 20 nitrogen and oxygen atoms in total. The van der Waals surface area contributed by atoms with Crippen LogP contribution in [0.2, 0.25) is 0 Å². The fourth-order valence-corrected chi connectivity index (χ4v) is 15.7. The molecule has 0 atom stereocenters. The van der Waals surface area contributed by atoms with Crippen LogP contribution in [0.3, 0.4) is 0 Å². The molecule has 10 aromatic carbocycles. The summed E-state index contributed by atoms with van der Waals surface area (Å²) in [4.78, 5) is 58.1. The lowest BCUT2D eigenvalue weighted by Gasteiger charge is -2.32. The zero-order valence-electron chi connectivity index (χ0n) is 65.9. The number of para-hydroxylation sites is 2. The average molecular weight is 1540 g/mol. The van der Waals surface area contributed by atoms with Gasteiger partial charge in [-0.05, 0) is 254 Å². The van der Waals surface area contributed by atoms with Gasteiger partial charge >= 0.3 is 0 Å². The van der Waals surface area contributed by atoms with E-state index in [1.165, 1.54) is 78.4 Å². The Kier molecular flexibility index (Phi) is 24.5. The van der Waals surface area contributed by atoms with Crippen LogP contribution in [0.5, 0.6) is 0 Å². The van der Waals surface area contributed by atoms with Gasteiger partial charge in [-0.1, -0.05) is 109 Å². The van der Waals surface area contributed by atoms with E-state index in [2.05, 4.69) is 179 Å². The van der Waals surface area contributed by atoms with Crippen molar-refractivity contribution in [1.29, 1.82) is 0 Å². The number of nitrogens with one attached hydrogen (secondary N) is 8. The van der Waals surface area contributed by atoms with E-state index in [0.29, 0.717) is 22.3 Å². The zero-order valence-corrected chi connectivity index (χ0v) is 65.9. The summed E-state index contributed by atoms with van der Waals surface area (Å²) in [6.07, 6.45) is 16.5. The van der Waals surface area contributed by atoms with Crippen molar-refractivity contribution >= 4 is 57.8 Å². The third kappa shape index (κ3) is 19.2. The van der Waals surface area contributed by atoms with E-state index in [1.807, 2.05) is 184 Å². The first-order valence-corrected chi connectivity index (χ1v) is 39.9. The van der Waals surface area contributed by atoms with Crippen LogP contribution in [0.4, 0.5) is 34.1 Å². The third-order valence-corrected chi connectivity index (χ3v) is 21.7. The van der Waals surface area contributed by atoms with Crippen molar-refractivity contribution in [1.82, 2.24) is 51.4 Å². The second-order valence-electron chi connectivity index (χ2n) is 29.9. The van der Waals surface area contributed by atoms with Gasteiger partial charge in [-0.25, -0.2) is 0 Å². The van der Waals surface area contributed by atoms with Crippen molar-refractivity contribution in [2.45, 2.75) is 91.4 Å². The number of hydrogen-bond acceptors (Lipinski definition) is 12. The number of aryl methyl sites for hydroxylation is 6. The number of aromatic amines is 4. The first-order chi connectivity index (χ1) is 56.8. The SMILES string of the molecule is CNC(=O)c1ccc(CN2CCCc3cc(-c4cc(C)[nH]n4)ccc32)cc1.CNC(=O)c1ccc(CN2CCCc3cc(-c4cn[nH]c4)ccc32)cc1.Cc1cc(-c2ccc3c(c2)CCCN3Cc2ccc(C(=O)Nc3ccccc3)cc2)n[nH]1.O=C(Nc1ccccc1)c1ccc(CN2CCCc3cc(-c4cn[nH]c4)ccc32)cc1. The Hall–Kier alpha value is -13.9. The lowest BCUT2D eigenvalue weighted by Crippen LogP contribution is -2.28. The van der Waals surface area contributed by atoms with E-state index in [-0.39, 0.29) is 23.6 Å². The van der Waals surface area contributed by atoms with Gasteiger partial charge in [0.1, 0.15) is 0 Å². The molecule has 584 valence electrons. The van der Waals surface area contributed by atoms with Gasteiger partial charge in [0.25, 0.3) is 23.6 Å². The van der Waals surface area contributed by atoms with E-state index in [4.69, 9.17) is 0 Å². The van der Waals surface area contributed by atoms with Crippen molar-refractivity contribution in [3.8, 4) is 44.8 Å². The van der Waals surface area contributed by atoms with Gasteiger partial charge in [-0.2, -0.15) is 20.4 Å². The second kappa shape index (κ2) is 36.7. The lowest BCUT2D eigenvalue weighted by molar-refractivity contribution is 0.0955. The van der Waals surface area contributed by atoms with E-state index < -0.39 is 0 Å². The first-order valence-electron chi connectivity index (χ1n) is 39.9. The predicted octanol–water partition coefficient (Wildman–Crippen LogP) is 18.0. The summed E-state index contributed by atoms with van der Waals surface area (Å²) in [5.74, 6) is -0.280. The van der Waals surface area contributed by atoms with Crippen LogP contribution < -0.4 is 40.9 Å². The van der Waals surface area contributed by atoms with Crippen molar-refractivity contribution in [3.05, 3.63) is 346 Å². The van der Waals surface area contributed by atoms with Gasteiger partial charge in [-0.3, -0.25) is 39.6 Å². The zero-order chi connectivity index (χ0) is 79.7. The van der Waals surface area contributed by atoms with Crippen molar-refractivity contribution in [2.24, 2.45) is 0 Å². The second-order valence-corrected chi connectivity index (χ2v) is 29.9. The highest BCUT2D eigenvalue weighted by Gasteiger charge is 2.24. The molecule has 4 aromatic heterocycles. The van der Waals surface area contributed by atoms with E-state index in [9.17, 15) is 19.2 Å². The van der Waals surface area contributed by atoms with Crippen LogP contribution >= 0.6 is 0 Å². The molecule has 4 aliphatic heterocycles. The summed E-state index contributed by atoms with van der Waals surface area (Å²) in [6, 6.07) is 81.4. The third-order valence-electron chi connectivity index (χ3n) is 21.7. The molecule has 0 bridgehead atoms. The summed E-state index contributed by atoms with van der Waals surface area (Å²) in [5, 5.41) is 39.9. The molecule has 0 aliphatic carbocycles. The number of amides is 4. The van der Waals surface area contributed by atoms with Crippen LogP contribution in [0.15, 0.2) is 267 Å². The number of carbonyl (C=O) groups excluding carboxylic acids is 4. The highest BCUT2D eigenvalue weighted by atomic mass is 16.2. The van der Waals surface area contributed by atoms with Crippen LogP contribution in [0.1, 0.15) is 123 Å². The number of H-pyrrole nitrogens is 4. The fourth-order valence-electron chi connectivity index (χ4n) is 15.7. The molecule has 0 spiro atoms. The Morgan fingerprint density at radius 2 is 0.629 bits per heavy atom. The topological polar surface area (TPSA) is 244 Å². The maximum atomic E-state index is 12.5. The molecule has 0 radical (unpaired) electrons. The molecular formula is C96H96N16O4. The number of fused-ring (bicyclic) bond motifs is 4. The minimum absolute atomic E-state index is 0.0494. The van der Waals surface area contributed by atoms with Crippen LogP contribution in [0.25, 0.3) is 44.8 Å². The van der Waals surface area contributed by atoms with Crippen LogP contribution in [0, 0.1) is 13.8 Å². The van der Waals surface area contributed by atoms with E-state index in [1.54, 1.807) is 14.1 Å². The van der Waals surface area contributed by atoms with E-state index >= 15 is 0 Å². The van der Waals surface area contributed by atoms with Gasteiger partial charge in [0.05, 0.1) is 23.8 Å². The number of nitrogens with zero attached hydrogens (tertiary/aromatic N) is 8. The molecule has 116 heavy (non-hydrogen) atoms. The molecule has 8 N–H and O–H groups in total. The van der Waals surface area contributed by atoms with Crippen molar-refractivity contribution in [3.63, 3.8) is 0 Å². The first kappa shape index (κ1) is 77.4. The number of rotatable bonds is 18. The van der Waals surface area contributed by atoms with Crippen molar-refractivity contribution < 1.29 is 19.2 Å². The number of aromatic nitrogens is 8. The number of anilines is 6. The maximum absolute atomic E-state index is 12.5. The molecule has 4 amide bonds. The van der Waals surface area contributed by atoms with Crippen LogP contribution in [-0.4, -0.2) is 105 Å². The molecule has 18 rings (SSSR count). The Labute approximate surface area is 676 Å². The Morgan fingerprint density at radius 3 is 0.905 bits per heavy atom. The van der Waals surface area contributed by atoms with E-state index in [0.717, 1.165) is 160 Å². The molecule has 0 fully saturated rings. The molecule has 20 heteroatoms. The molecule has 14 aromatic rings. The summed E-state index contributed by atoms with van der Waals surface area (Å²) < 4.78 is 0. The van der Waals surface area contributed by atoms with Crippen molar-refractivity contribution in [2.75, 3.05) is 70.5 Å². The number of carbonyl (C=O) groups is 4.